The van der Waals surface area contributed by atoms with Crippen LogP contribution in [0.4, 0.5) is 0 Å². The number of carbonyl (C=O) groups is 12. The number of carboxylic acids is 3. The van der Waals surface area contributed by atoms with E-state index in [-0.39, 0.29) is 128 Å². The minimum Gasteiger partial charge on any atom is -0.508 e. The number of ketones is 3. The van der Waals surface area contributed by atoms with Crippen molar-refractivity contribution in [2.45, 2.75) is 116 Å². The standard InChI is InChI=1S/C60H43Cl6N7O15.C42H38O20/c1-73-41(54(80)71-46(60(86)87)24-7-9-29(74)10-8-24)13-23-5-11-30(12-6-23)88-42-21-25-14-33(50(42)76)31-3-2-4-32-34(22-67-47(31)32)48(72-58(84)49(75)28-19-39(65)53(79)40(66)20-28)57(83)69-44(26-15-35(61)51(77)36(62)16-26)55(81)68-43(25)56(82)70-45(59(73)85)27-17-37(63)52(78)38(64)18-27;43-11-23-31(47)35(51)37(53)41(61-23)59-21-5-1-3-15-25(17-7-13(39(55)56)9-19(45)27(17)33(49)29(15)21)26-16-4-2-6-22(60-42-38(54)36(52)32(48)24(12-44)62-42)30(16)34(50)28-18(26)8-14(40(57)58)10-20(28)46/h2-12,14-22,41,43-46,48,67,74,76-79H,13H2,1H3,(H,68,81)(H,69,83)(H,70,82)(H,71,80)(H,72,84)(H,86,87);1-10,23-26,31-32,35-38,41-48,51-54H,11-12H2,(H,55,56)(H,57,58)/t;23?,24?,25-,26+,31?,32?,35?,36?,37?,38?,41?,42?. The van der Waals surface area contributed by atoms with E-state index in [1.165, 1.54) is 129 Å². The number of hydrogen-bond acceptors (Lipinski definition) is 32. The molecule has 2 saturated heterocycles. The molecule has 1 aromatic heterocycles. The number of nitrogens with one attached hydrogen (secondary N) is 6. The van der Waals surface area contributed by atoms with Gasteiger partial charge in [0, 0.05) is 59.1 Å². The number of rotatable bonds is 18. The molecule has 6 amide bonds. The van der Waals surface area contributed by atoms with Crippen LogP contribution in [0.3, 0.4) is 0 Å². The molecule has 0 saturated carbocycles. The number of aromatic nitrogens is 1. The highest BCUT2D eigenvalue weighted by Crippen LogP contribution is 2.58. The summed E-state index contributed by atoms with van der Waals surface area (Å²) in [5.74, 6) is -23.1. The Kier molecular flexibility index (Phi) is 29.8. The van der Waals surface area contributed by atoms with Gasteiger partial charge < -0.3 is 152 Å². The van der Waals surface area contributed by atoms with E-state index >= 15 is 19.2 Å². The molecule has 9 bridgehead atoms. The molecule has 16 unspecified atom stereocenters. The molecule has 776 valence electrons. The van der Waals surface area contributed by atoms with E-state index < -0.39 is 276 Å². The quantitative estimate of drug-likeness (QED) is 0.0284. The number of benzene rings is 11. The van der Waals surface area contributed by atoms with E-state index in [4.69, 9.17) is 93.3 Å². The maximum absolute atomic E-state index is 15.7. The number of aliphatic carboxylic acids is 1. The van der Waals surface area contributed by atoms with Gasteiger partial charge in [-0.2, -0.15) is 0 Å². The van der Waals surface area contributed by atoms with Gasteiger partial charge in [0.1, 0.15) is 114 Å². The zero-order valence-corrected chi connectivity index (χ0v) is 81.1. The van der Waals surface area contributed by atoms with Gasteiger partial charge in [-0.05, 0) is 159 Å². The van der Waals surface area contributed by atoms with Crippen molar-refractivity contribution in [2.24, 2.45) is 0 Å². The number of likely N-dealkylation sites (N-methyl/N-ethyl adjacent to an activating group) is 1. The lowest BCUT2D eigenvalue weighted by Gasteiger charge is -2.41. The summed E-state index contributed by atoms with van der Waals surface area (Å²) >= 11 is 38.0. The number of aromatic carboxylic acids is 2. The Morgan fingerprint density at radius 1 is 0.467 bits per heavy atom. The Morgan fingerprint density at radius 3 is 1.39 bits per heavy atom. The molecule has 48 heteroatoms. The van der Waals surface area contributed by atoms with E-state index in [0.29, 0.717) is 5.56 Å². The predicted octanol–water partition coefficient (Wildman–Crippen LogP) is 8.23. The second-order valence-corrected chi connectivity index (χ2v) is 37.8. The summed E-state index contributed by atoms with van der Waals surface area (Å²) < 4.78 is 29.4. The van der Waals surface area contributed by atoms with Crippen molar-refractivity contribution in [1.82, 2.24) is 36.5 Å². The number of halogens is 6. The number of amides is 6. The van der Waals surface area contributed by atoms with E-state index in [9.17, 15) is 130 Å². The number of Topliss-reactive ketones (excluding diaryl/α,β-unsaturated/α-hetero) is 1. The van der Waals surface area contributed by atoms with Crippen LogP contribution in [0.15, 0.2) is 182 Å². The Bertz CT molecular complexity index is 7380. The number of aliphatic hydroxyl groups is 8. The monoisotopic (exact) mass is 2170 g/mol. The van der Waals surface area contributed by atoms with Crippen LogP contribution in [0.2, 0.25) is 30.1 Å². The number of carbonyl (C=O) groups excluding carboxylic acids is 9. The smallest absolute Gasteiger partial charge is 0.335 e. The lowest BCUT2D eigenvalue weighted by molar-refractivity contribution is -0.277. The Hall–Kier alpha value is -15.5. The summed E-state index contributed by atoms with van der Waals surface area (Å²) in [5.41, 5.74) is -3.29. The van der Waals surface area contributed by atoms with E-state index in [1.807, 2.05) is 0 Å². The molecule has 2 fully saturated rings. The van der Waals surface area contributed by atoms with Crippen LogP contribution in [0.5, 0.6) is 63.2 Å². The number of hydrogen-bond donors (Lipinski definition) is 24. The Labute approximate surface area is 872 Å². The van der Waals surface area contributed by atoms with Gasteiger partial charge in [-0.15, -0.1) is 0 Å². The highest BCUT2D eigenvalue weighted by molar-refractivity contribution is 6.45. The highest BCUT2D eigenvalue weighted by Gasteiger charge is 2.52. The molecule has 24 N–H and O–H groups in total. The molecule has 5 aliphatic heterocycles. The summed E-state index contributed by atoms with van der Waals surface area (Å²) in [6, 6.07) is 24.7. The molecular formula is C102H81Cl6N7O35. The number of aromatic hydroxyl groups is 7. The minimum atomic E-state index is -2.07. The molecule has 19 rings (SSSR count). The molecular weight excluding hydrogens is 2100 g/mol. The molecule has 7 aliphatic rings. The lowest BCUT2D eigenvalue weighted by atomic mass is 9.63. The van der Waals surface area contributed by atoms with Crippen LogP contribution in [-0.2, 0) is 49.5 Å². The zero-order chi connectivity index (χ0) is 108. The number of aliphatic hydroxyl groups excluding tert-OH is 8. The molecule has 150 heavy (non-hydrogen) atoms. The molecule has 11 aromatic carbocycles. The predicted molar refractivity (Wildman–Crippen MR) is 523 cm³/mol. The second kappa shape index (κ2) is 42.3. The van der Waals surface area contributed by atoms with Gasteiger partial charge in [-0.25, -0.2) is 14.4 Å². The molecule has 18 atom stereocenters. The first-order valence-electron chi connectivity index (χ1n) is 44.9. The van der Waals surface area contributed by atoms with Crippen LogP contribution >= 0.6 is 69.6 Å². The minimum absolute atomic E-state index is 0.00301. The van der Waals surface area contributed by atoms with E-state index in [2.05, 4.69) is 31.6 Å². The number of phenols is 7. The first-order valence-corrected chi connectivity index (χ1v) is 47.2. The fourth-order valence-electron chi connectivity index (χ4n) is 18.8. The summed E-state index contributed by atoms with van der Waals surface area (Å²) in [4.78, 5) is 176. The highest BCUT2D eigenvalue weighted by atomic mass is 35.5. The number of H-pyrrole nitrogens is 1. The molecule has 42 nitrogen and oxygen atoms in total. The van der Waals surface area contributed by atoms with Gasteiger partial charge in [-0.1, -0.05) is 136 Å². The zero-order valence-electron chi connectivity index (χ0n) is 76.5. The summed E-state index contributed by atoms with van der Waals surface area (Å²) in [5, 5.41) is 201. The first kappa shape index (κ1) is 106. The van der Waals surface area contributed by atoms with Gasteiger partial charge in [0.15, 0.2) is 34.8 Å². The number of aromatic amines is 1. The maximum atomic E-state index is 15.7. The van der Waals surface area contributed by atoms with Gasteiger partial charge in [-0.3, -0.25) is 43.2 Å². The van der Waals surface area contributed by atoms with Crippen molar-refractivity contribution in [2.75, 3.05) is 20.3 Å². The average Bonchev–Trinajstić information content (AvgIpc) is 0.777. The van der Waals surface area contributed by atoms with Gasteiger partial charge >= 0.3 is 17.9 Å². The Balaban J connectivity index is 0.000000217. The molecule has 2 aliphatic carbocycles. The largest absolute Gasteiger partial charge is 0.508 e. The first-order chi connectivity index (χ1) is 71.2. The Morgan fingerprint density at radius 2 is 0.920 bits per heavy atom. The van der Waals surface area contributed by atoms with Gasteiger partial charge in [0.25, 0.3) is 5.91 Å². The number of para-hydroxylation sites is 1. The second-order valence-electron chi connectivity index (χ2n) is 35.4. The van der Waals surface area contributed by atoms with Crippen LogP contribution in [0.25, 0.3) is 22.0 Å². The summed E-state index contributed by atoms with van der Waals surface area (Å²) in [6.45, 7) is -1.64. The third-order valence-electron chi connectivity index (χ3n) is 26.3. The summed E-state index contributed by atoms with van der Waals surface area (Å²) in [7, 11) is 1.19. The van der Waals surface area contributed by atoms with Crippen molar-refractivity contribution in [1.29, 1.82) is 0 Å². The van der Waals surface area contributed by atoms with E-state index in [0.717, 1.165) is 65.6 Å². The van der Waals surface area contributed by atoms with Gasteiger partial charge in [0.2, 0.25) is 59.5 Å². The number of nitrogens with zero attached hydrogens (tertiary/aromatic N) is 1. The topological polar surface area (TPSA) is 694 Å². The van der Waals surface area contributed by atoms with Crippen molar-refractivity contribution in [3.05, 3.63) is 307 Å². The average molecular weight is 2180 g/mol. The molecule has 0 radical (unpaired) electrons. The maximum Gasteiger partial charge on any atom is 0.335 e. The van der Waals surface area contributed by atoms with Crippen molar-refractivity contribution in [3.63, 3.8) is 0 Å². The number of ether oxygens (including phenoxy) is 5. The molecule has 0 spiro atoms. The molecule has 12 aromatic rings. The fourth-order valence-corrected chi connectivity index (χ4v) is 20.3. The third-order valence-corrected chi connectivity index (χ3v) is 28.0. The van der Waals surface area contributed by atoms with Crippen LogP contribution in [0.1, 0.15) is 161 Å². The third kappa shape index (κ3) is 19.9. The van der Waals surface area contributed by atoms with E-state index in [1.54, 1.807) is 0 Å². The van der Waals surface area contributed by atoms with Crippen LogP contribution in [-0.4, -0.2) is 260 Å². The van der Waals surface area contributed by atoms with Crippen molar-refractivity contribution in [3.8, 4) is 74.4 Å². The SMILES string of the molecule is CN1C(=O)C(c2cc(Cl)c(O)c(Cl)c2)NC(=O)C2NC(=O)C(c3cc(Cl)c(O)c(Cl)c3)NC(=O)C(NC(=O)C(=O)c3cc(Cl)c(O)c(Cl)c3)c3c[nH]c4c(cccc34)-c3cc2cc(c3O)Oc2ccc(cc2)CC1C(=O)NC(C(=O)O)c1ccc(O)cc1.O=C(O)c1cc(O)c2c(c1)[C@@H]([C@H]1c3cc(C(=O)O)cc(O)c3C(=O)c3c(OC4OC(CO)C(O)C(O)C4O)cccc31)c1cccc(OC3OC(CO)C(O)C(O)C3O)c1C2=O. The van der Waals surface area contributed by atoms with Crippen molar-refractivity contribution >= 4 is 151 Å². The number of phenolic OH excluding ortho intramolecular Hbond substituents is 7. The summed E-state index contributed by atoms with van der Waals surface area (Å²) in [6.07, 6.45) is -16.7. The normalized spacial score (nSPS) is 23.1. The van der Waals surface area contributed by atoms with Crippen molar-refractivity contribution < 1.29 is 173 Å². The molecule has 6 heterocycles. The lowest BCUT2D eigenvalue weighted by Crippen LogP contribution is -2.60. The number of carboxylic acid groups (broad SMARTS) is 3. The van der Waals surface area contributed by atoms with Gasteiger partial charge in [0.05, 0.1) is 82.2 Å². The number of fused-ring (bicyclic) bond motifs is 14. The van der Waals surface area contributed by atoms with Crippen LogP contribution in [0, 0.1) is 0 Å². The van der Waals surface area contributed by atoms with Crippen LogP contribution < -0.4 is 40.8 Å². The fraction of sp³-hybridized carbons (Fsp3) is 0.216.